The van der Waals surface area contributed by atoms with E-state index in [4.69, 9.17) is 30.4 Å². The second-order valence-corrected chi connectivity index (χ2v) is 17.6. The first kappa shape index (κ1) is 62.0. The van der Waals surface area contributed by atoms with Gasteiger partial charge in [-0.05, 0) is 160 Å². The average Bonchev–Trinajstić information content (AvgIpc) is 3.33. The molecule has 0 saturated heterocycles. The normalized spacial score (nSPS) is 11.2. The van der Waals surface area contributed by atoms with Crippen molar-refractivity contribution in [3.8, 4) is 23.0 Å². The number of aromatic carboxylic acids is 2. The van der Waals surface area contributed by atoms with Crippen LogP contribution in [-0.4, -0.2) is 43.8 Å². The van der Waals surface area contributed by atoms with Crippen molar-refractivity contribution in [2.24, 2.45) is 9.98 Å². The fraction of sp³-hybridized carbons (Fsp3) is 0.517. The van der Waals surface area contributed by atoms with Crippen LogP contribution >= 0.6 is 0 Å². The van der Waals surface area contributed by atoms with Crippen molar-refractivity contribution in [3.63, 3.8) is 0 Å². The molecule has 0 atom stereocenters. The molecule has 0 radical (unpaired) electrons. The van der Waals surface area contributed by atoms with Gasteiger partial charge in [-0.2, -0.15) is 0 Å². The van der Waals surface area contributed by atoms with E-state index in [1.165, 1.54) is 154 Å². The summed E-state index contributed by atoms with van der Waals surface area (Å²) in [5, 5.41) is 57.7. The number of benzene rings is 4. The summed E-state index contributed by atoms with van der Waals surface area (Å²) in [7, 11) is 0. The minimum absolute atomic E-state index is 0. The number of aryl methyl sites for hydroxylation is 6. The molecule has 10 nitrogen and oxygen atoms in total. The molecule has 0 amide bonds. The topological polar surface area (TPSA) is 186 Å². The number of hydrogen-bond donors (Lipinski definition) is 4. The second kappa shape index (κ2) is 35.2. The van der Waals surface area contributed by atoms with E-state index in [2.05, 4.69) is 77.9 Å². The maximum atomic E-state index is 11.2. The third-order valence-electron chi connectivity index (χ3n) is 12.1. The number of rotatable bonds is 27. The smallest absolute Gasteiger partial charge is 0.869 e. The van der Waals surface area contributed by atoms with Gasteiger partial charge in [0.25, 0.3) is 0 Å². The van der Waals surface area contributed by atoms with E-state index in [9.17, 15) is 19.8 Å². The second-order valence-electron chi connectivity index (χ2n) is 17.6. The van der Waals surface area contributed by atoms with Gasteiger partial charge in [-0.25, -0.2) is 9.59 Å². The molecule has 4 rings (SSSR count). The molecule has 0 heterocycles. The number of carbonyl (C=O) groups is 2. The van der Waals surface area contributed by atoms with Gasteiger partial charge in [0.1, 0.15) is 11.5 Å². The van der Waals surface area contributed by atoms with Crippen LogP contribution in [-0.2, 0) is 58.9 Å². The minimum atomic E-state index is -1.29. The van der Waals surface area contributed by atoms with Crippen molar-refractivity contribution in [2.45, 2.75) is 197 Å². The third-order valence-corrected chi connectivity index (χ3v) is 12.1. The Hall–Kier alpha value is -4.98. The van der Waals surface area contributed by atoms with Gasteiger partial charge in [-0.1, -0.05) is 143 Å². The monoisotopic (exact) mass is 1040 g/mol. The molecule has 11 heteroatoms. The van der Waals surface area contributed by atoms with Gasteiger partial charge in [0, 0.05) is 0 Å². The molecule has 0 unspecified atom stereocenters. The molecule has 0 spiro atoms. The van der Waals surface area contributed by atoms with Gasteiger partial charge in [0.15, 0.2) is 0 Å². The number of carboxylic acid groups (broad SMARTS) is 2. The van der Waals surface area contributed by atoms with Gasteiger partial charge in [0.05, 0.1) is 33.9 Å². The van der Waals surface area contributed by atoms with Gasteiger partial charge >= 0.3 is 32.4 Å². The Kier molecular flexibility index (Phi) is 31.6. The summed E-state index contributed by atoms with van der Waals surface area (Å²) >= 11 is 0. The van der Waals surface area contributed by atoms with E-state index >= 15 is 0 Å². The van der Waals surface area contributed by atoms with Crippen molar-refractivity contribution in [1.82, 2.24) is 0 Å². The summed E-state index contributed by atoms with van der Waals surface area (Å²) < 4.78 is 0. The van der Waals surface area contributed by atoms with E-state index in [1.807, 2.05) is 0 Å². The summed E-state index contributed by atoms with van der Waals surface area (Å²) in [5.41, 5.74) is 10.9. The number of nitrogens with zero attached hydrogens (tertiary/aromatic N) is 2. The quantitative estimate of drug-likeness (QED) is 0.0258. The standard InChI is InChI=1S/C40H64N2.2C9H10O4.Pd/c1-7-13-19-20-26-40(42-38-30-28-34(22-15-9-3)36(32-38)24-17-11-5)39(25-18-12-6)41-37-29-27-33(21-14-8-2)35(31-37)23-16-10-4;2*1-2-5-3-4-6(10)8(11)7(5)9(12)13;/h27-32H,7-26H2,1-6H3;2*3-4,10-11H,2H2,1H3,(H,12,13);/q;;;+2/p-2. The predicted octanol–water partition coefficient (Wildman–Crippen LogP) is 14.5. The zero-order chi connectivity index (χ0) is 50.4. The van der Waals surface area contributed by atoms with Crippen molar-refractivity contribution >= 4 is 34.7 Å². The molecule has 382 valence electrons. The molecule has 0 fully saturated rings. The van der Waals surface area contributed by atoms with Crippen LogP contribution in [0.25, 0.3) is 0 Å². The van der Waals surface area contributed by atoms with Crippen LogP contribution in [0.15, 0.2) is 70.6 Å². The first-order chi connectivity index (χ1) is 32.7. The van der Waals surface area contributed by atoms with Crippen molar-refractivity contribution in [2.75, 3.05) is 0 Å². The molecular formula is C58H82N2O8Pd. The number of aliphatic imine (C=N–C) groups is 2. The van der Waals surface area contributed by atoms with Gasteiger partial charge in [-0.15, -0.1) is 0 Å². The molecule has 0 aliphatic heterocycles. The Bertz CT molecular complexity index is 2150. The molecule has 4 aromatic rings. The molecule has 0 aromatic heterocycles. The van der Waals surface area contributed by atoms with Crippen molar-refractivity contribution in [3.05, 3.63) is 105 Å². The first-order valence-electron chi connectivity index (χ1n) is 25.6. The van der Waals surface area contributed by atoms with E-state index in [0.29, 0.717) is 24.0 Å². The van der Waals surface area contributed by atoms with Crippen molar-refractivity contribution in [1.29, 1.82) is 0 Å². The number of unbranched alkanes of at least 4 members (excludes halogenated alkanes) is 8. The Labute approximate surface area is 428 Å². The Morgan fingerprint density at radius 1 is 0.435 bits per heavy atom. The van der Waals surface area contributed by atoms with Crippen LogP contribution in [0.3, 0.4) is 0 Å². The number of hydrogen-bond acceptors (Lipinski definition) is 8. The molecule has 4 N–H and O–H groups in total. The Morgan fingerprint density at radius 2 is 0.768 bits per heavy atom. The first-order valence-corrected chi connectivity index (χ1v) is 25.6. The fourth-order valence-corrected chi connectivity index (χ4v) is 7.97. The number of phenols is 2. The van der Waals surface area contributed by atoms with Crippen LogP contribution in [0.2, 0.25) is 0 Å². The van der Waals surface area contributed by atoms with E-state index in [-0.39, 0.29) is 31.5 Å². The zero-order valence-corrected chi connectivity index (χ0v) is 44.5. The van der Waals surface area contributed by atoms with Gasteiger partial charge in [-0.3, -0.25) is 9.98 Å². The predicted molar refractivity (Wildman–Crippen MR) is 278 cm³/mol. The van der Waals surface area contributed by atoms with Crippen LogP contribution in [0.5, 0.6) is 23.0 Å². The molecule has 0 bridgehead atoms. The SMILES string of the molecule is CCCCCCC(=Nc1ccc(CCCC)c(CCCC)c1)C(CCCC)=Nc1ccc(CCCC)c(CCCC)c1.CCc1ccc(O)c([O-])c1C(=O)O.CCc1ccc(O)c([O-])c1C(=O)O.[Pd+2]. The molecule has 69 heavy (non-hydrogen) atoms. The summed E-state index contributed by atoms with van der Waals surface area (Å²) in [6, 6.07) is 19.4. The van der Waals surface area contributed by atoms with Crippen molar-refractivity contribution < 1.29 is 60.7 Å². The number of aromatic hydroxyl groups is 2. The zero-order valence-electron chi connectivity index (χ0n) is 43.0. The maximum Gasteiger partial charge on any atom is 2.00 e. The van der Waals surface area contributed by atoms with Crippen LogP contribution in [0.4, 0.5) is 11.4 Å². The van der Waals surface area contributed by atoms with E-state index in [1.54, 1.807) is 13.8 Å². The summed E-state index contributed by atoms with van der Waals surface area (Å²) in [5.74, 6) is -5.25. The van der Waals surface area contributed by atoms with E-state index in [0.717, 1.165) is 43.5 Å². The summed E-state index contributed by atoms with van der Waals surface area (Å²) in [6.45, 7) is 17.2. The molecular weight excluding hydrogens is 959 g/mol. The average molecular weight is 1040 g/mol. The molecule has 0 aliphatic carbocycles. The third kappa shape index (κ3) is 21.3. The van der Waals surface area contributed by atoms with Crippen LogP contribution in [0, 0.1) is 0 Å². The molecule has 0 saturated carbocycles. The maximum absolute atomic E-state index is 11.2. The van der Waals surface area contributed by atoms with Gasteiger partial charge in [0.2, 0.25) is 0 Å². The largest absolute Gasteiger partial charge is 2.00 e. The number of phenolic OH excluding ortho intramolecular Hbond substituents is 2. The Balaban J connectivity index is 0.000000710. The van der Waals surface area contributed by atoms with Gasteiger partial charge < -0.3 is 30.6 Å². The summed E-state index contributed by atoms with van der Waals surface area (Å²) in [6.07, 6.45) is 24.9. The summed E-state index contributed by atoms with van der Waals surface area (Å²) in [4.78, 5) is 32.1. The number of carboxylic acids is 2. The van der Waals surface area contributed by atoms with Crippen LogP contribution in [0.1, 0.15) is 212 Å². The Morgan fingerprint density at radius 3 is 1.10 bits per heavy atom. The fourth-order valence-electron chi connectivity index (χ4n) is 7.97. The van der Waals surface area contributed by atoms with E-state index < -0.39 is 34.9 Å². The molecule has 4 aromatic carbocycles. The minimum Gasteiger partial charge on any atom is -0.869 e. The molecule has 0 aliphatic rings. The van der Waals surface area contributed by atoms with Crippen LogP contribution < -0.4 is 10.2 Å².